The first-order valence-electron chi connectivity index (χ1n) is 8.66. The quantitative estimate of drug-likeness (QED) is 0.929. The van der Waals surface area contributed by atoms with E-state index >= 15 is 0 Å². The van der Waals surface area contributed by atoms with Crippen molar-refractivity contribution in [3.05, 3.63) is 23.8 Å². The van der Waals surface area contributed by atoms with Gasteiger partial charge in [-0.25, -0.2) is 4.79 Å². The molecule has 1 unspecified atom stereocenters. The molecule has 3 rings (SSSR count). The third kappa shape index (κ3) is 3.96. The van der Waals surface area contributed by atoms with Crippen molar-refractivity contribution in [2.24, 2.45) is 5.92 Å². The fraction of sp³-hybridized carbons (Fsp3) is 0.611. The topological polar surface area (TPSA) is 44.8 Å². The largest absolute Gasteiger partial charge is 0.493 e. The van der Waals surface area contributed by atoms with Gasteiger partial charge in [0.2, 0.25) is 0 Å². The first-order valence-corrected chi connectivity index (χ1v) is 8.66. The fourth-order valence-corrected chi connectivity index (χ4v) is 3.38. The Morgan fingerprint density at radius 3 is 3.17 bits per heavy atom. The van der Waals surface area contributed by atoms with Crippen LogP contribution in [0.5, 0.6) is 5.75 Å². The second kappa shape index (κ2) is 7.21. The highest BCUT2D eigenvalue weighted by Crippen LogP contribution is 2.28. The summed E-state index contributed by atoms with van der Waals surface area (Å²) in [5.41, 5.74) is 2.06. The third-order valence-electron chi connectivity index (χ3n) is 4.84. The van der Waals surface area contributed by atoms with Crippen LogP contribution < -0.4 is 10.1 Å². The lowest BCUT2D eigenvalue weighted by molar-refractivity contribution is 0.218. The molecule has 0 bridgehead atoms. The van der Waals surface area contributed by atoms with Crippen LogP contribution in [-0.2, 0) is 6.42 Å². The highest BCUT2D eigenvalue weighted by Gasteiger charge is 2.27. The molecule has 0 saturated carbocycles. The number of carbonyl (C=O) groups excluding carboxylic acids is 1. The molecule has 1 aromatic carbocycles. The van der Waals surface area contributed by atoms with Crippen molar-refractivity contribution in [3.63, 3.8) is 0 Å². The van der Waals surface area contributed by atoms with Crippen molar-refractivity contribution in [1.29, 1.82) is 0 Å². The van der Waals surface area contributed by atoms with Crippen molar-refractivity contribution < 1.29 is 9.53 Å². The maximum atomic E-state index is 12.5. The fourth-order valence-electron chi connectivity index (χ4n) is 3.38. The summed E-state index contributed by atoms with van der Waals surface area (Å²) in [7, 11) is 2.14. The smallest absolute Gasteiger partial charge is 0.321 e. The maximum absolute atomic E-state index is 12.5. The van der Waals surface area contributed by atoms with Crippen LogP contribution in [0.3, 0.4) is 0 Å². The summed E-state index contributed by atoms with van der Waals surface area (Å²) in [6.07, 6.45) is 3.16. The monoisotopic (exact) mass is 317 g/mol. The number of nitrogens with one attached hydrogen (secondary N) is 1. The molecule has 2 aliphatic heterocycles. The number of fused-ring (bicyclic) bond motifs is 1. The molecule has 5 heteroatoms. The number of ether oxygens (including phenoxy) is 1. The molecule has 1 atom stereocenters. The van der Waals surface area contributed by atoms with E-state index in [4.69, 9.17) is 4.74 Å². The second-order valence-electron chi connectivity index (χ2n) is 6.66. The van der Waals surface area contributed by atoms with Crippen molar-refractivity contribution in [2.45, 2.75) is 26.2 Å². The summed E-state index contributed by atoms with van der Waals surface area (Å²) in [4.78, 5) is 16.7. The maximum Gasteiger partial charge on any atom is 0.321 e. The number of aryl methyl sites for hydroxylation is 1. The Hall–Kier alpha value is -1.75. The molecule has 0 spiro atoms. The third-order valence-corrected chi connectivity index (χ3v) is 4.84. The van der Waals surface area contributed by atoms with Gasteiger partial charge in [0.25, 0.3) is 0 Å². The Bertz CT molecular complexity index is 561. The number of amides is 2. The van der Waals surface area contributed by atoms with E-state index in [2.05, 4.69) is 24.2 Å². The summed E-state index contributed by atoms with van der Waals surface area (Å²) in [5.74, 6) is 1.54. The number of anilines is 1. The van der Waals surface area contributed by atoms with Gasteiger partial charge in [0.15, 0.2) is 0 Å². The molecule has 2 heterocycles. The van der Waals surface area contributed by atoms with E-state index in [9.17, 15) is 4.79 Å². The Balaban J connectivity index is 1.55. The molecule has 5 nitrogen and oxygen atoms in total. The van der Waals surface area contributed by atoms with Crippen molar-refractivity contribution in [2.75, 3.05) is 45.2 Å². The van der Waals surface area contributed by atoms with Crippen LogP contribution in [-0.4, -0.2) is 55.7 Å². The Labute approximate surface area is 138 Å². The first kappa shape index (κ1) is 16.1. The van der Waals surface area contributed by atoms with E-state index in [1.165, 1.54) is 5.56 Å². The predicted octanol–water partition coefficient (Wildman–Crippen LogP) is 2.82. The molecule has 0 radical (unpaired) electrons. The molecule has 1 N–H and O–H groups in total. The van der Waals surface area contributed by atoms with Crippen molar-refractivity contribution >= 4 is 11.7 Å². The number of hydrogen-bond donors (Lipinski definition) is 1. The first-order chi connectivity index (χ1) is 11.2. The van der Waals surface area contributed by atoms with E-state index in [1.807, 2.05) is 23.1 Å². The van der Waals surface area contributed by atoms with Crippen LogP contribution >= 0.6 is 0 Å². The van der Waals surface area contributed by atoms with Gasteiger partial charge in [0, 0.05) is 25.3 Å². The average molecular weight is 317 g/mol. The van der Waals surface area contributed by atoms with Crippen LogP contribution in [0.25, 0.3) is 0 Å². The lowest BCUT2D eigenvalue weighted by Crippen LogP contribution is -2.34. The van der Waals surface area contributed by atoms with Gasteiger partial charge < -0.3 is 19.9 Å². The van der Waals surface area contributed by atoms with Crippen LogP contribution in [0, 0.1) is 5.92 Å². The van der Waals surface area contributed by atoms with Gasteiger partial charge in [-0.05, 0) is 62.5 Å². The van der Waals surface area contributed by atoms with Crippen LogP contribution in [0.15, 0.2) is 18.2 Å². The normalized spacial score (nSPS) is 20.3. The number of hydrogen-bond acceptors (Lipinski definition) is 3. The number of likely N-dealkylation sites (tertiary alicyclic amines) is 1. The van der Waals surface area contributed by atoms with E-state index in [-0.39, 0.29) is 6.03 Å². The van der Waals surface area contributed by atoms with E-state index in [0.29, 0.717) is 5.92 Å². The van der Waals surface area contributed by atoms with Crippen LogP contribution in [0.1, 0.15) is 25.3 Å². The van der Waals surface area contributed by atoms with Gasteiger partial charge >= 0.3 is 6.03 Å². The summed E-state index contributed by atoms with van der Waals surface area (Å²) in [6.45, 7) is 6.78. The lowest BCUT2D eigenvalue weighted by atomic mass is 10.1. The number of nitrogens with zero attached hydrogens (tertiary/aromatic N) is 2. The summed E-state index contributed by atoms with van der Waals surface area (Å²) < 4.78 is 5.62. The van der Waals surface area contributed by atoms with Gasteiger partial charge in [-0.1, -0.05) is 6.92 Å². The Morgan fingerprint density at radius 2 is 2.35 bits per heavy atom. The molecule has 0 aromatic heterocycles. The summed E-state index contributed by atoms with van der Waals surface area (Å²) in [5, 5.41) is 3.04. The SMILES string of the molecule is CCN(C)CC1CCN(C(=O)Nc2ccc3c(c2)CCCO3)C1. The zero-order valence-corrected chi connectivity index (χ0v) is 14.2. The van der Waals surface area contributed by atoms with Gasteiger partial charge in [0.05, 0.1) is 6.61 Å². The van der Waals surface area contributed by atoms with Gasteiger partial charge in [-0.3, -0.25) is 0 Å². The Morgan fingerprint density at radius 1 is 1.48 bits per heavy atom. The van der Waals surface area contributed by atoms with E-state index in [1.54, 1.807) is 0 Å². The minimum Gasteiger partial charge on any atom is -0.493 e. The zero-order valence-electron chi connectivity index (χ0n) is 14.2. The minimum atomic E-state index is 0.0170. The van der Waals surface area contributed by atoms with E-state index < -0.39 is 0 Å². The van der Waals surface area contributed by atoms with Gasteiger partial charge in [0.1, 0.15) is 5.75 Å². The number of urea groups is 1. The molecule has 1 fully saturated rings. The molecule has 2 aliphatic rings. The lowest BCUT2D eigenvalue weighted by Gasteiger charge is -2.21. The van der Waals surface area contributed by atoms with E-state index in [0.717, 1.165) is 63.5 Å². The number of benzene rings is 1. The molecule has 23 heavy (non-hydrogen) atoms. The van der Waals surface area contributed by atoms with Gasteiger partial charge in [-0.2, -0.15) is 0 Å². The van der Waals surface area contributed by atoms with Gasteiger partial charge in [-0.15, -0.1) is 0 Å². The number of rotatable bonds is 4. The predicted molar refractivity (Wildman–Crippen MR) is 92.1 cm³/mol. The molecule has 1 aromatic rings. The summed E-state index contributed by atoms with van der Waals surface area (Å²) in [6, 6.07) is 5.96. The van der Waals surface area contributed by atoms with Crippen LogP contribution in [0.4, 0.5) is 10.5 Å². The second-order valence-corrected chi connectivity index (χ2v) is 6.66. The molecule has 126 valence electrons. The standard InChI is InChI=1S/C18H27N3O2/c1-3-20(2)12-14-8-9-21(13-14)18(22)19-16-6-7-17-15(11-16)5-4-10-23-17/h6-7,11,14H,3-5,8-10,12-13H2,1-2H3,(H,19,22). The minimum absolute atomic E-state index is 0.0170. The Kier molecular flexibility index (Phi) is 5.06. The molecule has 2 amide bonds. The molecular weight excluding hydrogens is 290 g/mol. The highest BCUT2D eigenvalue weighted by molar-refractivity contribution is 5.89. The van der Waals surface area contributed by atoms with Crippen molar-refractivity contribution in [3.8, 4) is 5.75 Å². The molecule has 0 aliphatic carbocycles. The highest BCUT2D eigenvalue weighted by atomic mass is 16.5. The molecular formula is C18H27N3O2. The summed E-state index contributed by atoms with van der Waals surface area (Å²) >= 11 is 0. The number of carbonyl (C=O) groups is 1. The van der Waals surface area contributed by atoms with Crippen molar-refractivity contribution in [1.82, 2.24) is 9.80 Å². The zero-order chi connectivity index (χ0) is 16.2. The molecule has 1 saturated heterocycles. The van der Waals surface area contributed by atoms with Crippen LogP contribution in [0.2, 0.25) is 0 Å². The average Bonchev–Trinajstić information content (AvgIpc) is 3.03.